The molecule has 0 atom stereocenters. The van der Waals surface area contributed by atoms with E-state index in [-0.39, 0.29) is 24.1 Å². The highest BCUT2D eigenvalue weighted by Gasteiger charge is 2.19. The quantitative estimate of drug-likeness (QED) is 0.423. The van der Waals surface area contributed by atoms with E-state index in [9.17, 15) is 14.4 Å². The number of rotatable bonds is 6. The van der Waals surface area contributed by atoms with Crippen molar-refractivity contribution in [3.05, 3.63) is 87.7 Å². The molecule has 2 N–H and O–H groups in total. The lowest BCUT2D eigenvalue weighted by molar-refractivity contribution is -0.117. The Morgan fingerprint density at radius 3 is 2.49 bits per heavy atom. The first-order valence-electron chi connectivity index (χ1n) is 11.5. The van der Waals surface area contributed by atoms with Crippen molar-refractivity contribution in [1.82, 2.24) is 9.55 Å². The summed E-state index contributed by atoms with van der Waals surface area (Å²) >= 11 is 0. The van der Waals surface area contributed by atoms with E-state index in [0.29, 0.717) is 22.3 Å². The van der Waals surface area contributed by atoms with Crippen LogP contribution in [0.2, 0.25) is 0 Å². The Morgan fingerprint density at radius 1 is 0.971 bits per heavy atom. The Kier molecular flexibility index (Phi) is 6.78. The standard InChI is InChI=1S/C28H28N4O3/c1-5-20-10-8-9-18(3)26(20)31-25(34)16-32-24-12-7-6-11-23(24)30-27(28(32)35)21-15-17(2)13-14-22(21)29-19(4)33/h6-15H,5,16H2,1-4H3,(H,29,33)(H,31,34). The first-order chi connectivity index (χ1) is 16.8. The van der Waals surface area contributed by atoms with Gasteiger partial charge in [-0.2, -0.15) is 0 Å². The molecule has 1 heterocycles. The summed E-state index contributed by atoms with van der Waals surface area (Å²) in [5, 5.41) is 5.78. The van der Waals surface area contributed by atoms with Gasteiger partial charge in [-0.1, -0.05) is 48.9 Å². The van der Waals surface area contributed by atoms with E-state index >= 15 is 0 Å². The lowest BCUT2D eigenvalue weighted by atomic mass is 10.1. The van der Waals surface area contributed by atoms with Crippen LogP contribution in [0.25, 0.3) is 22.3 Å². The number of anilines is 2. The monoisotopic (exact) mass is 468 g/mol. The van der Waals surface area contributed by atoms with Crippen molar-refractivity contribution in [1.29, 1.82) is 0 Å². The fraction of sp³-hybridized carbons (Fsp3) is 0.214. The SMILES string of the molecule is CCc1cccc(C)c1NC(=O)Cn1c(=O)c(-c2cc(C)ccc2NC(C)=O)nc2ccccc21. The smallest absolute Gasteiger partial charge is 0.278 e. The van der Waals surface area contributed by atoms with E-state index in [1.54, 1.807) is 18.2 Å². The third-order valence-corrected chi connectivity index (χ3v) is 5.90. The fourth-order valence-corrected chi connectivity index (χ4v) is 4.20. The number of aromatic nitrogens is 2. The van der Waals surface area contributed by atoms with Crippen LogP contribution in [0.15, 0.2) is 65.5 Å². The third-order valence-electron chi connectivity index (χ3n) is 5.90. The van der Waals surface area contributed by atoms with E-state index in [1.807, 2.05) is 63.2 Å². The average Bonchev–Trinajstić information content (AvgIpc) is 2.83. The first-order valence-corrected chi connectivity index (χ1v) is 11.5. The molecule has 178 valence electrons. The summed E-state index contributed by atoms with van der Waals surface area (Å²) in [6.45, 7) is 7.12. The highest BCUT2D eigenvalue weighted by atomic mass is 16.2. The van der Waals surface area contributed by atoms with Crippen LogP contribution >= 0.6 is 0 Å². The molecule has 4 rings (SSSR count). The van der Waals surface area contributed by atoms with Crippen molar-refractivity contribution in [2.45, 2.75) is 40.7 Å². The number of nitrogens with zero attached hydrogens (tertiary/aromatic N) is 2. The lowest BCUT2D eigenvalue weighted by Gasteiger charge is -2.16. The number of fused-ring (bicyclic) bond motifs is 1. The predicted molar refractivity (Wildman–Crippen MR) is 140 cm³/mol. The normalized spacial score (nSPS) is 10.9. The Labute approximate surface area is 203 Å². The molecule has 2 amide bonds. The van der Waals surface area contributed by atoms with Gasteiger partial charge in [0.1, 0.15) is 12.2 Å². The Balaban J connectivity index is 1.83. The summed E-state index contributed by atoms with van der Waals surface area (Å²) in [6, 6.07) is 18.5. The molecule has 0 unspecified atom stereocenters. The van der Waals surface area contributed by atoms with Gasteiger partial charge < -0.3 is 10.6 Å². The van der Waals surface area contributed by atoms with Gasteiger partial charge in [0.05, 0.1) is 16.7 Å². The second-order valence-electron chi connectivity index (χ2n) is 8.58. The number of hydrogen-bond acceptors (Lipinski definition) is 4. The second kappa shape index (κ2) is 9.93. The number of nitrogens with one attached hydrogen (secondary N) is 2. The van der Waals surface area contributed by atoms with Crippen molar-refractivity contribution >= 4 is 34.2 Å². The van der Waals surface area contributed by atoms with Gasteiger partial charge >= 0.3 is 0 Å². The molecule has 0 fully saturated rings. The van der Waals surface area contributed by atoms with Crippen LogP contribution in [0.5, 0.6) is 0 Å². The van der Waals surface area contributed by atoms with E-state index in [2.05, 4.69) is 15.6 Å². The minimum Gasteiger partial charge on any atom is -0.326 e. The van der Waals surface area contributed by atoms with Crippen LogP contribution in [0.3, 0.4) is 0 Å². The van der Waals surface area contributed by atoms with Crippen LogP contribution in [0.1, 0.15) is 30.5 Å². The predicted octanol–water partition coefficient (Wildman–Crippen LogP) is 4.84. The Bertz CT molecular complexity index is 1500. The number of carbonyl (C=O) groups excluding carboxylic acids is 2. The molecule has 0 saturated heterocycles. The van der Waals surface area contributed by atoms with Crippen molar-refractivity contribution in [3.8, 4) is 11.3 Å². The Morgan fingerprint density at radius 2 is 1.74 bits per heavy atom. The number of carbonyl (C=O) groups is 2. The molecule has 0 radical (unpaired) electrons. The molecule has 0 aliphatic carbocycles. The topological polar surface area (TPSA) is 93.1 Å². The largest absolute Gasteiger partial charge is 0.326 e. The molecule has 0 bridgehead atoms. The van der Waals surface area contributed by atoms with Crippen LogP contribution in [-0.2, 0) is 22.6 Å². The molecule has 4 aromatic rings. The van der Waals surface area contributed by atoms with Gasteiger partial charge in [0.15, 0.2) is 0 Å². The molecular formula is C28H28N4O3. The molecule has 1 aromatic heterocycles. The van der Waals surface area contributed by atoms with Gasteiger partial charge in [-0.15, -0.1) is 0 Å². The molecule has 7 heteroatoms. The van der Waals surface area contributed by atoms with Crippen LogP contribution in [0, 0.1) is 13.8 Å². The summed E-state index contributed by atoms with van der Waals surface area (Å²) in [6.07, 6.45) is 0.777. The number of hydrogen-bond donors (Lipinski definition) is 2. The van der Waals surface area contributed by atoms with E-state index in [0.717, 1.165) is 28.8 Å². The molecule has 0 spiro atoms. The molecule has 35 heavy (non-hydrogen) atoms. The minimum atomic E-state index is -0.406. The van der Waals surface area contributed by atoms with Crippen LogP contribution in [-0.4, -0.2) is 21.4 Å². The van der Waals surface area contributed by atoms with Gasteiger partial charge in [0.25, 0.3) is 5.56 Å². The van der Waals surface area contributed by atoms with Crippen LogP contribution < -0.4 is 16.2 Å². The van der Waals surface area contributed by atoms with E-state index in [4.69, 9.17) is 0 Å². The number of benzene rings is 3. The first kappa shape index (κ1) is 23.9. The minimum absolute atomic E-state index is 0.173. The number of amides is 2. The van der Waals surface area contributed by atoms with Crippen molar-refractivity contribution in [2.75, 3.05) is 10.6 Å². The molecule has 7 nitrogen and oxygen atoms in total. The molecule has 0 saturated carbocycles. The summed E-state index contributed by atoms with van der Waals surface area (Å²) in [4.78, 5) is 43.3. The summed E-state index contributed by atoms with van der Waals surface area (Å²) in [7, 11) is 0. The van der Waals surface area contributed by atoms with Crippen molar-refractivity contribution in [3.63, 3.8) is 0 Å². The number of para-hydroxylation sites is 3. The average molecular weight is 469 g/mol. The lowest BCUT2D eigenvalue weighted by Crippen LogP contribution is -2.30. The van der Waals surface area contributed by atoms with Crippen molar-refractivity contribution < 1.29 is 9.59 Å². The van der Waals surface area contributed by atoms with Gasteiger partial charge in [0, 0.05) is 18.2 Å². The third kappa shape index (κ3) is 4.99. The zero-order chi connectivity index (χ0) is 25.1. The second-order valence-corrected chi connectivity index (χ2v) is 8.58. The van der Waals surface area contributed by atoms with E-state index in [1.165, 1.54) is 11.5 Å². The number of aryl methyl sites for hydroxylation is 3. The maximum absolute atomic E-state index is 13.7. The Hall–Kier alpha value is -4.26. The molecule has 0 aliphatic rings. The van der Waals surface area contributed by atoms with Crippen molar-refractivity contribution in [2.24, 2.45) is 0 Å². The maximum atomic E-state index is 13.7. The fourth-order valence-electron chi connectivity index (χ4n) is 4.20. The summed E-state index contributed by atoms with van der Waals surface area (Å²) in [5.74, 6) is -0.551. The van der Waals surface area contributed by atoms with Gasteiger partial charge in [-0.3, -0.25) is 19.0 Å². The molecular weight excluding hydrogens is 440 g/mol. The van der Waals surface area contributed by atoms with Gasteiger partial charge in [-0.05, 0) is 55.7 Å². The zero-order valence-electron chi connectivity index (χ0n) is 20.3. The van der Waals surface area contributed by atoms with Crippen LogP contribution in [0.4, 0.5) is 11.4 Å². The summed E-state index contributed by atoms with van der Waals surface area (Å²) < 4.78 is 1.44. The zero-order valence-corrected chi connectivity index (χ0v) is 20.3. The summed E-state index contributed by atoms with van der Waals surface area (Å²) in [5.41, 5.74) is 5.60. The maximum Gasteiger partial charge on any atom is 0.278 e. The van der Waals surface area contributed by atoms with E-state index < -0.39 is 5.56 Å². The molecule has 0 aliphatic heterocycles. The van der Waals surface area contributed by atoms with Gasteiger partial charge in [-0.25, -0.2) is 4.98 Å². The molecule has 3 aromatic carbocycles. The highest BCUT2D eigenvalue weighted by Crippen LogP contribution is 2.27. The van der Waals surface area contributed by atoms with Gasteiger partial charge in [0.2, 0.25) is 11.8 Å². The highest BCUT2D eigenvalue weighted by molar-refractivity contribution is 5.95.